The molecule has 0 unspecified atom stereocenters. The number of thiophene rings is 1. The maximum atomic E-state index is 12.9. The Morgan fingerprint density at radius 2 is 1.85 bits per heavy atom. The summed E-state index contributed by atoms with van der Waals surface area (Å²) in [6.45, 7) is 7.05. The number of allylic oxidation sites excluding steroid dienone is 1. The average Bonchev–Trinajstić information content (AvgIpc) is 3.18. The van der Waals surface area contributed by atoms with Gasteiger partial charge in [-0.05, 0) is 47.4 Å². The number of benzene rings is 1. The minimum Gasteiger partial charge on any atom is -0.303 e. The van der Waals surface area contributed by atoms with Crippen LogP contribution in [0.5, 0.6) is 0 Å². The molecule has 0 aliphatic rings. The molecule has 0 saturated carbocycles. The van der Waals surface area contributed by atoms with Gasteiger partial charge in [-0.1, -0.05) is 51.1 Å². The van der Waals surface area contributed by atoms with Crippen LogP contribution in [0.2, 0.25) is 0 Å². The highest BCUT2D eigenvalue weighted by atomic mass is 32.1. The SMILES string of the molecule is CC(C)(C)c1ccc(N(NC/C=C\CCCC=O)C(=O)c2cccs2)cc1. The molecule has 144 valence electrons. The van der Waals surface area contributed by atoms with Gasteiger partial charge in [-0.2, -0.15) is 0 Å². The van der Waals surface area contributed by atoms with Crippen LogP contribution in [0.1, 0.15) is 55.3 Å². The molecule has 0 aliphatic carbocycles. The van der Waals surface area contributed by atoms with Gasteiger partial charge in [0.15, 0.2) is 0 Å². The largest absolute Gasteiger partial charge is 0.303 e. The summed E-state index contributed by atoms with van der Waals surface area (Å²) in [6.07, 6.45) is 7.26. The molecule has 0 aliphatic heterocycles. The molecule has 0 fully saturated rings. The van der Waals surface area contributed by atoms with Gasteiger partial charge >= 0.3 is 0 Å². The molecule has 1 N–H and O–H groups in total. The summed E-state index contributed by atoms with van der Waals surface area (Å²) >= 11 is 1.43. The van der Waals surface area contributed by atoms with E-state index in [1.807, 2.05) is 41.8 Å². The Hall–Kier alpha value is -2.24. The van der Waals surface area contributed by atoms with Crippen molar-refractivity contribution in [1.82, 2.24) is 5.43 Å². The zero-order chi connectivity index (χ0) is 19.7. The lowest BCUT2D eigenvalue weighted by Gasteiger charge is -2.24. The summed E-state index contributed by atoms with van der Waals surface area (Å²) in [4.78, 5) is 23.9. The minimum absolute atomic E-state index is 0.0668. The summed E-state index contributed by atoms with van der Waals surface area (Å²) in [7, 11) is 0. The Kier molecular flexibility index (Phi) is 7.95. The van der Waals surface area contributed by atoms with Gasteiger partial charge in [0, 0.05) is 13.0 Å². The topological polar surface area (TPSA) is 49.4 Å². The molecule has 1 aromatic heterocycles. The van der Waals surface area contributed by atoms with Gasteiger partial charge < -0.3 is 4.79 Å². The fourth-order valence-electron chi connectivity index (χ4n) is 2.57. The van der Waals surface area contributed by atoms with E-state index in [4.69, 9.17) is 0 Å². The number of unbranched alkanes of at least 4 members (excludes halogenated alkanes) is 2. The van der Waals surface area contributed by atoms with Crippen LogP contribution >= 0.6 is 11.3 Å². The van der Waals surface area contributed by atoms with Gasteiger partial charge in [-0.15, -0.1) is 11.3 Å². The molecule has 1 heterocycles. The molecule has 4 nitrogen and oxygen atoms in total. The quantitative estimate of drug-likeness (QED) is 0.282. The molecule has 2 rings (SSSR count). The number of carbonyl (C=O) groups is 2. The molecule has 27 heavy (non-hydrogen) atoms. The van der Waals surface area contributed by atoms with Crippen molar-refractivity contribution >= 4 is 29.2 Å². The van der Waals surface area contributed by atoms with Crippen molar-refractivity contribution in [2.24, 2.45) is 0 Å². The number of aldehydes is 1. The first-order valence-corrected chi connectivity index (χ1v) is 10.1. The van der Waals surface area contributed by atoms with Crippen LogP contribution in [-0.4, -0.2) is 18.7 Å². The summed E-state index contributed by atoms with van der Waals surface area (Å²) in [6, 6.07) is 11.8. The van der Waals surface area contributed by atoms with Crippen LogP contribution in [0.4, 0.5) is 5.69 Å². The van der Waals surface area contributed by atoms with Crippen molar-refractivity contribution in [3.05, 3.63) is 64.4 Å². The van der Waals surface area contributed by atoms with E-state index in [-0.39, 0.29) is 11.3 Å². The van der Waals surface area contributed by atoms with E-state index < -0.39 is 0 Å². The van der Waals surface area contributed by atoms with E-state index in [9.17, 15) is 9.59 Å². The van der Waals surface area contributed by atoms with Gasteiger partial charge in [0.05, 0.1) is 10.6 Å². The van der Waals surface area contributed by atoms with Gasteiger partial charge in [0.2, 0.25) is 0 Å². The highest BCUT2D eigenvalue weighted by Gasteiger charge is 2.19. The first-order valence-electron chi connectivity index (χ1n) is 9.24. The van der Waals surface area contributed by atoms with E-state index in [1.165, 1.54) is 16.9 Å². The molecule has 5 heteroatoms. The Morgan fingerprint density at radius 3 is 2.44 bits per heavy atom. The number of hydrazine groups is 1. The maximum Gasteiger partial charge on any atom is 0.282 e. The van der Waals surface area contributed by atoms with E-state index in [0.29, 0.717) is 17.8 Å². The Labute approximate surface area is 165 Å². The fourth-order valence-corrected chi connectivity index (χ4v) is 3.22. The number of carbonyl (C=O) groups excluding carboxylic acids is 2. The van der Waals surface area contributed by atoms with Gasteiger partial charge in [-0.25, -0.2) is 10.4 Å². The lowest BCUT2D eigenvalue weighted by atomic mass is 9.87. The van der Waals surface area contributed by atoms with Crippen LogP contribution in [0.15, 0.2) is 53.9 Å². The molecule has 0 radical (unpaired) electrons. The number of hydrogen-bond donors (Lipinski definition) is 1. The predicted octanol–water partition coefficient (Wildman–Crippen LogP) is 5.12. The molecule has 0 bridgehead atoms. The van der Waals surface area contributed by atoms with Crippen LogP contribution in [0.25, 0.3) is 0 Å². The normalized spacial score (nSPS) is 11.7. The van der Waals surface area contributed by atoms with E-state index in [2.05, 4.69) is 38.3 Å². The lowest BCUT2D eigenvalue weighted by molar-refractivity contribution is -0.107. The fraction of sp³-hybridized carbons (Fsp3) is 0.364. The van der Waals surface area contributed by atoms with Gasteiger partial charge in [0.25, 0.3) is 5.91 Å². The third-order valence-corrected chi connectivity index (χ3v) is 5.01. The smallest absolute Gasteiger partial charge is 0.282 e. The van der Waals surface area contributed by atoms with Crippen molar-refractivity contribution in [3.8, 4) is 0 Å². The molecule has 2 aromatic rings. The van der Waals surface area contributed by atoms with E-state index in [0.717, 1.165) is 24.8 Å². The Bertz CT molecular complexity index is 744. The summed E-state index contributed by atoms with van der Waals surface area (Å²) in [5.74, 6) is -0.0668. The minimum atomic E-state index is -0.0668. The monoisotopic (exact) mass is 384 g/mol. The molecule has 1 aromatic carbocycles. The third-order valence-electron chi connectivity index (χ3n) is 4.15. The van der Waals surface area contributed by atoms with E-state index in [1.54, 1.807) is 5.01 Å². The van der Waals surface area contributed by atoms with Crippen LogP contribution in [-0.2, 0) is 10.2 Å². The number of nitrogens with one attached hydrogen (secondary N) is 1. The van der Waals surface area contributed by atoms with Gasteiger partial charge in [-0.3, -0.25) is 4.79 Å². The number of anilines is 1. The average molecular weight is 385 g/mol. The summed E-state index contributed by atoms with van der Waals surface area (Å²) < 4.78 is 0. The first-order chi connectivity index (χ1) is 12.9. The zero-order valence-electron chi connectivity index (χ0n) is 16.3. The number of rotatable bonds is 9. The van der Waals surface area contributed by atoms with Crippen LogP contribution < -0.4 is 10.4 Å². The Morgan fingerprint density at radius 1 is 1.11 bits per heavy atom. The number of hydrogen-bond acceptors (Lipinski definition) is 4. The van der Waals surface area contributed by atoms with Crippen molar-refractivity contribution in [3.63, 3.8) is 0 Å². The van der Waals surface area contributed by atoms with Crippen molar-refractivity contribution in [2.45, 2.75) is 45.4 Å². The number of amides is 1. The highest BCUT2D eigenvalue weighted by molar-refractivity contribution is 7.12. The van der Waals surface area contributed by atoms with Gasteiger partial charge in [0.1, 0.15) is 6.29 Å². The van der Waals surface area contributed by atoms with Crippen molar-refractivity contribution < 1.29 is 9.59 Å². The molecule has 0 atom stereocenters. The van der Waals surface area contributed by atoms with Crippen molar-refractivity contribution in [2.75, 3.05) is 11.6 Å². The lowest BCUT2D eigenvalue weighted by Crippen LogP contribution is -2.43. The third kappa shape index (κ3) is 6.45. The standard InChI is InChI=1S/C22H28N2O2S/c1-22(2,3)18-11-13-19(14-12-18)24(21(26)20-10-9-17-27-20)23-15-7-5-4-6-8-16-25/h5,7,9-14,16-17,23H,4,6,8,15H2,1-3H3/b7-5-. The van der Waals surface area contributed by atoms with Crippen LogP contribution in [0, 0.1) is 0 Å². The molecular formula is C22H28N2O2S. The summed E-state index contributed by atoms with van der Waals surface area (Å²) in [5.41, 5.74) is 5.32. The second kappa shape index (κ2) is 10.2. The molecular weight excluding hydrogens is 356 g/mol. The number of nitrogens with zero attached hydrogens (tertiary/aromatic N) is 1. The first kappa shape index (κ1) is 21.1. The zero-order valence-corrected chi connectivity index (χ0v) is 17.1. The summed E-state index contributed by atoms with van der Waals surface area (Å²) in [5, 5.41) is 3.51. The maximum absolute atomic E-state index is 12.9. The Balaban J connectivity index is 2.10. The van der Waals surface area contributed by atoms with E-state index >= 15 is 0 Å². The second-order valence-electron chi connectivity index (χ2n) is 7.35. The molecule has 0 saturated heterocycles. The van der Waals surface area contributed by atoms with Crippen molar-refractivity contribution in [1.29, 1.82) is 0 Å². The molecule has 1 amide bonds. The molecule has 0 spiro atoms. The highest BCUT2D eigenvalue weighted by Crippen LogP contribution is 2.25. The predicted molar refractivity (Wildman–Crippen MR) is 113 cm³/mol. The second-order valence-corrected chi connectivity index (χ2v) is 8.29. The van der Waals surface area contributed by atoms with Crippen LogP contribution in [0.3, 0.4) is 0 Å².